The fraction of sp³-hybridized carbons (Fsp3) is 0.600. The zero-order valence-electron chi connectivity index (χ0n) is 16.0. The second kappa shape index (κ2) is 11.5. The molecular weight excluding hydrogens is 314 g/mol. The first-order chi connectivity index (χ1) is 11.9. The second-order valence-electron chi connectivity index (χ2n) is 7.01. The molecule has 3 amide bonds. The molecule has 5 heteroatoms. The van der Waals surface area contributed by atoms with Gasteiger partial charge in [0.2, 0.25) is 0 Å². The quantitative estimate of drug-likeness (QED) is 0.563. The number of carbonyl (C=O) groups excluding carboxylic acids is 2. The van der Waals surface area contributed by atoms with Gasteiger partial charge in [0.1, 0.15) is 0 Å². The Balaban J connectivity index is 2.35. The molecule has 0 fully saturated rings. The minimum absolute atomic E-state index is 0.0512. The van der Waals surface area contributed by atoms with Gasteiger partial charge in [-0.15, -0.1) is 0 Å². The fourth-order valence-electron chi connectivity index (χ4n) is 2.37. The molecule has 1 rings (SSSR count). The lowest BCUT2D eigenvalue weighted by Crippen LogP contribution is -2.40. The molecule has 3 N–H and O–H groups in total. The van der Waals surface area contributed by atoms with E-state index >= 15 is 0 Å². The van der Waals surface area contributed by atoms with Crippen molar-refractivity contribution in [3.8, 4) is 0 Å². The third kappa shape index (κ3) is 9.13. The Morgan fingerprint density at radius 2 is 1.68 bits per heavy atom. The summed E-state index contributed by atoms with van der Waals surface area (Å²) in [6, 6.07) is 7.34. The topological polar surface area (TPSA) is 70.2 Å². The van der Waals surface area contributed by atoms with Crippen molar-refractivity contribution >= 4 is 11.9 Å². The molecule has 0 radical (unpaired) electrons. The normalized spacial score (nSPS) is 11.9. The number of unbranched alkanes of at least 4 members (excludes halogenated alkanes) is 1. The summed E-state index contributed by atoms with van der Waals surface area (Å²) in [4.78, 5) is 23.8. The highest BCUT2D eigenvalue weighted by molar-refractivity contribution is 5.94. The van der Waals surface area contributed by atoms with Crippen LogP contribution in [-0.2, 0) is 6.54 Å². The molecule has 0 aliphatic heterocycles. The van der Waals surface area contributed by atoms with Gasteiger partial charge in [-0.2, -0.15) is 0 Å². The molecule has 25 heavy (non-hydrogen) atoms. The molecule has 1 aromatic rings. The van der Waals surface area contributed by atoms with E-state index < -0.39 is 0 Å². The molecule has 0 aromatic heterocycles. The molecule has 0 aliphatic rings. The van der Waals surface area contributed by atoms with Crippen molar-refractivity contribution in [2.45, 2.75) is 66.0 Å². The van der Waals surface area contributed by atoms with Crippen molar-refractivity contribution in [1.29, 1.82) is 0 Å². The highest BCUT2D eigenvalue weighted by atomic mass is 16.2. The van der Waals surface area contributed by atoms with Crippen LogP contribution in [0.2, 0.25) is 0 Å². The molecule has 0 heterocycles. The van der Waals surface area contributed by atoms with Crippen LogP contribution in [0.15, 0.2) is 24.3 Å². The van der Waals surface area contributed by atoms with Gasteiger partial charge in [-0.25, -0.2) is 4.79 Å². The fourth-order valence-corrected chi connectivity index (χ4v) is 2.37. The molecule has 140 valence electrons. The van der Waals surface area contributed by atoms with E-state index in [1.165, 1.54) is 0 Å². The monoisotopic (exact) mass is 347 g/mol. The average molecular weight is 348 g/mol. The first kappa shape index (κ1) is 21.0. The van der Waals surface area contributed by atoms with Crippen LogP contribution in [-0.4, -0.2) is 24.5 Å². The van der Waals surface area contributed by atoms with E-state index in [0.29, 0.717) is 24.6 Å². The van der Waals surface area contributed by atoms with Crippen LogP contribution in [0.4, 0.5) is 4.79 Å². The van der Waals surface area contributed by atoms with Crippen molar-refractivity contribution in [2.24, 2.45) is 5.92 Å². The van der Waals surface area contributed by atoms with Crippen LogP contribution in [0, 0.1) is 5.92 Å². The Kier molecular flexibility index (Phi) is 9.66. The predicted molar refractivity (Wildman–Crippen MR) is 103 cm³/mol. The molecule has 0 spiro atoms. The molecule has 0 bridgehead atoms. The molecular formula is C20H33N3O2. The Morgan fingerprint density at radius 1 is 1.00 bits per heavy atom. The Morgan fingerprint density at radius 3 is 2.28 bits per heavy atom. The van der Waals surface area contributed by atoms with Gasteiger partial charge >= 0.3 is 6.03 Å². The number of amides is 3. The molecule has 1 unspecified atom stereocenters. The van der Waals surface area contributed by atoms with E-state index in [4.69, 9.17) is 0 Å². The third-order valence-corrected chi connectivity index (χ3v) is 4.04. The van der Waals surface area contributed by atoms with Gasteiger partial charge < -0.3 is 16.0 Å². The van der Waals surface area contributed by atoms with Gasteiger partial charge in [0.15, 0.2) is 0 Å². The highest BCUT2D eigenvalue weighted by Crippen LogP contribution is 2.07. The summed E-state index contributed by atoms with van der Waals surface area (Å²) in [7, 11) is 0. The Bertz CT molecular complexity index is 526. The largest absolute Gasteiger partial charge is 0.352 e. The van der Waals surface area contributed by atoms with Crippen molar-refractivity contribution < 1.29 is 9.59 Å². The molecule has 0 saturated carbocycles. The second-order valence-corrected chi connectivity index (χ2v) is 7.01. The summed E-state index contributed by atoms with van der Waals surface area (Å²) in [6.07, 6.45) is 4.12. The number of rotatable bonds is 10. The molecule has 0 aliphatic carbocycles. The highest BCUT2D eigenvalue weighted by Gasteiger charge is 2.08. The van der Waals surface area contributed by atoms with Crippen LogP contribution in [0.3, 0.4) is 0 Å². The number of hydrogen-bond donors (Lipinski definition) is 3. The summed E-state index contributed by atoms with van der Waals surface area (Å²) in [5.41, 5.74) is 1.61. The van der Waals surface area contributed by atoms with E-state index in [1.807, 2.05) is 19.1 Å². The zero-order chi connectivity index (χ0) is 18.7. The number of urea groups is 1. The van der Waals surface area contributed by atoms with Crippen molar-refractivity contribution in [3.63, 3.8) is 0 Å². The van der Waals surface area contributed by atoms with Crippen LogP contribution < -0.4 is 16.0 Å². The third-order valence-electron chi connectivity index (χ3n) is 4.04. The van der Waals surface area contributed by atoms with E-state index in [0.717, 1.165) is 31.2 Å². The van der Waals surface area contributed by atoms with Gasteiger partial charge in [-0.1, -0.05) is 39.3 Å². The number of benzene rings is 1. The Hall–Kier alpha value is -2.04. The van der Waals surface area contributed by atoms with Gasteiger partial charge in [0.05, 0.1) is 0 Å². The summed E-state index contributed by atoms with van der Waals surface area (Å²) < 4.78 is 0. The number of nitrogens with one attached hydrogen (secondary N) is 3. The van der Waals surface area contributed by atoms with Crippen LogP contribution >= 0.6 is 0 Å². The Labute approximate surface area is 152 Å². The van der Waals surface area contributed by atoms with Crippen LogP contribution in [0.25, 0.3) is 0 Å². The van der Waals surface area contributed by atoms with E-state index in [1.54, 1.807) is 12.1 Å². The maximum atomic E-state index is 11.9. The van der Waals surface area contributed by atoms with E-state index in [9.17, 15) is 9.59 Å². The van der Waals surface area contributed by atoms with Crippen molar-refractivity contribution in [2.75, 3.05) is 6.54 Å². The van der Waals surface area contributed by atoms with Gasteiger partial charge in [-0.3, -0.25) is 4.79 Å². The summed E-state index contributed by atoms with van der Waals surface area (Å²) >= 11 is 0. The lowest BCUT2D eigenvalue weighted by molar-refractivity contribution is 0.0953. The van der Waals surface area contributed by atoms with Crippen LogP contribution in [0.1, 0.15) is 69.3 Å². The smallest absolute Gasteiger partial charge is 0.315 e. The minimum atomic E-state index is -0.155. The first-order valence-electron chi connectivity index (χ1n) is 9.33. The lowest BCUT2D eigenvalue weighted by atomic mass is 10.0. The number of carbonyl (C=O) groups is 2. The SMILES string of the molecule is CCCCNC(=O)c1ccc(CNC(=O)NC(C)CCC(C)C)cc1. The first-order valence-corrected chi connectivity index (χ1v) is 9.33. The average Bonchev–Trinajstić information content (AvgIpc) is 2.58. The van der Waals surface area contributed by atoms with Gasteiger partial charge in [0, 0.05) is 24.7 Å². The maximum absolute atomic E-state index is 11.9. The molecule has 1 aromatic carbocycles. The minimum Gasteiger partial charge on any atom is -0.352 e. The van der Waals surface area contributed by atoms with E-state index in [-0.39, 0.29) is 18.0 Å². The predicted octanol–water partition coefficient (Wildman–Crippen LogP) is 3.84. The van der Waals surface area contributed by atoms with Gasteiger partial charge in [-0.05, 0) is 49.8 Å². The summed E-state index contributed by atoms with van der Waals surface area (Å²) in [5, 5.41) is 8.70. The summed E-state index contributed by atoms with van der Waals surface area (Å²) in [6.45, 7) is 9.62. The van der Waals surface area contributed by atoms with Gasteiger partial charge in [0.25, 0.3) is 5.91 Å². The maximum Gasteiger partial charge on any atom is 0.315 e. The van der Waals surface area contributed by atoms with Crippen LogP contribution in [0.5, 0.6) is 0 Å². The molecule has 0 saturated heterocycles. The zero-order valence-corrected chi connectivity index (χ0v) is 16.0. The van der Waals surface area contributed by atoms with E-state index in [2.05, 4.69) is 36.7 Å². The summed E-state index contributed by atoms with van der Waals surface area (Å²) in [5.74, 6) is 0.592. The van der Waals surface area contributed by atoms with Crippen molar-refractivity contribution in [1.82, 2.24) is 16.0 Å². The molecule has 1 atom stereocenters. The standard InChI is InChI=1S/C20H33N3O2/c1-5-6-13-21-19(24)18-11-9-17(10-12-18)14-22-20(25)23-16(4)8-7-15(2)3/h9-12,15-16H,5-8,13-14H2,1-4H3,(H,21,24)(H2,22,23,25). The lowest BCUT2D eigenvalue weighted by Gasteiger charge is -2.15. The molecule has 5 nitrogen and oxygen atoms in total. The van der Waals surface area contributed by atoms with Crippen molar-refractivity contribution in [3.05, 3.63) is 35.4 Å². The number of hydrogen-bond acceptors (Lipinski definition) is 2.